The highest BCUT2D eigenvalue weighted by molar-refractivity contribution is 7.99. The number of benzene rings is 2. The Kier molecular flexibility index (Phi) is 7.65. The van der Waals surface area contributed by atoms with Gasteiger partial charge >= 0.3 is 0 Å². The van der Waals surface area contributed by atoms with Gasteiger partial charge in [-0.3, -0.25) is 4.79 Å². The van der Waals surface area contributed by atoms with Crippen LogP contribution in [0.1, 0.15) is 18.2 Å². The highest BCUT2D eigenvalue weighted by Crippen LogP contribution is 2.28. The van der Waals surface area contributed by atoms with Crippen molar-refractivity contribution >= 4 is 29.3 Å². The largest absolute Gasteiger partial charge is 0.493 e. The predicted molar refractivity (Wildman–Crippen MR) is 119 cm³/mol. The van der Waals surface area contributed by atoms with Crippen LogP contribution in [0.15, 0.2) is 53.1 Å². The van der Waals surface area contributed by atoms with Gasteiger partial charge < -0.3 is 19.3 Å². The number of methoxy groups -OCH3 is 2. The van der Waals surface area contributed by atoms with E-state index >= 15 is 0 Å². The van der Waals surface area contributed by atoms with Crippen LogP contribution in [-0.2, 0) is 17.1 Å². The first-order chi connectivity index (χ1) is 14.5. The van der Waals surface area contributed by atoms with Crippen molar-refractivity contribution in [2.75, 3.05) is 14.2 Å². The number of rotatable bonds is 9. The van der Waals surface area contributed by atoms with E-state index in [1.165, 1.54) is 11.8 Å². The summed E-state index contributed by atoms with van der Waals surface area (Å²) in [5.41, 5.74) is 2.61. The second-order valence-corrected chi connectivity index (χ2v) is 8.31. The second kappa shape index (κ2) is 10.4. The maximum atomic E-state index is 12.4. The Bertz CT molecular complexity index is 991. The van der Waals surface area contributed by atoms with E-state index in [1.807, 2.05) is 55.5 Å². The first kappa shape index (κ1) is 22.1. The number of aromatic nitrogens is 1. The van der Waals surface area contributed by atoms with Crippen molar-refractivity contribution in [3.8, 4) is 22.8 Å². The van der Waals surface area contributed by atoms with E-state index in [1.54, 1.807) is 14.2 Å². The molecule has 8 heteroatoms. The summed E-state index contributed by atoms with van der Waals surface area (Å²) in [5, 5.41) is 7.47. The molecule has 2 aromatic carbocycles. The average Bonchev–Trinajstić information content (AvgIpc) is 3.25. The standard InChI is InChI=1S/C22H23ClN2O4S/c1-14(22(26)24-12-15-4-9-20(27-2)21(10-15)28-3)30-13-18-11-19(25-29-18)16-5-7-17(23)8-6-16/h4-11,14H,12-13H2,1-3H3,(H,24,26). The number of ether oxygens (including phenoxy) is 2. The number of nitrogens with zero attached hydrogens (tertiary/aromatic N) is 1. The predicted octanol–water partition coefficient (Wildman–Crippen LogP) is 4.95. The summed E-state index contributed by atoms with van der Waals surface area (Å²) < 4.78 is 15.9. The third-order valence-electron chi connectivity index (χ3n) is 4.46. The molecule has 0 saturated carbocycles. The lowest BCUT2D eigenvalue weighted by Gasteiger charge is -2.13. The van der Waals surface area contributed by atoms with Crippen molar-refractivity contribution < 1.29 is 18.8 Å². The maximum absolute atomic E-state index is 12.4. The molecule has 0 saturated heterocycles. The second-order valence-electron chi connectivity index (χ2n) is 6.55. The molecule has 0 aliphatic rings. The highest BCUT2D eigenvalue weighted by Gasteiger charge is 2.15. The Morgan fingerprint density at radius 1 is 1.13 bits per heavy atom. The zero-order valence-corrected chi connectivity index (χ0v) is 18.5. The van der Waals surface area contributed by atoms with Gasteiger partial charge in [-0.1, -0.05) is 35.0 Å². The van der Waals surface area contributed by atoms with Crippen molar-refractivity contribution in [2.45, 2.75) is 24.5 Å². The summed E-state index contributed by atoms with van der Waals surface area (Å²) in [6.45, 7) is 2.28. The van der Waals surface area contributed by atoms with E-state index in [4.69, 9.17) is 25.6 Å². The summed E-state index contributed by atoms with van der Waals surface area (Å²) in [6.07, 6.45) is 0. The van der Waals surface area contributed by atoms with Gasteiger partial charge in [-0.05, 0) is 36.8 Å². The average molecular weight is 447 g/mol. The molecular formula is C22H23ClN2O4S. The fourth-order valence-electron chi connectivity index (χ4n) is 2.74. The summed E-state index contributed by atoms with van der Waals surface area (Å²) >= 11 is 7.40. The van der Waals surface area contributed by atoms with Crippen LogP contribution >= 0.6 is 23.4 Å². The Morgan fingerprint density at radius 3 is 2.57 bits per heavy atom. The molecule has 30 heavy (non-hydrogen) atoms. The first-order valence-corrected chi connectivity index (χ1v) is 10.7. The summed E-state index contributed by atoms with van der Waals surface area (Å²) in [6, 6.07) is 14.8. The van der Waals surface area contributed by atoms with Crippen molar-refractivity contribution in [2.24, 2.45) is 0 Å². The molecule has 1 amide bonds. The molecule has 6 nitrogen and oxygen atoms in total. The molecule has 3 rings (SSSR count). The number of hydrogen-bond acceptors (Lipinski definition) is 6. The minimum Gasteiger partial charge on any atom is -0.493 e. The Labute approximate surface area is 184 Å². The van der Waals surface area contributed by atoms with Crippen LogP contribution < -0.4 is 14.8 Å². The van der Waals surface area contributed by atoms with E-state index in [2.05, 4.69) is 10.5 Å². The first-order valence-electron chi connectivity index (χ1n) is 9.32. The topological polar surface area (TPSA) is 73.6 Å². The van der Waals surface area contributed by atoms with Crippen molar-refractivity contribution in [3.05, 3.63) is 64.9 Å². The number of amides is 1. The third kappa shape index (κ3) is 5.70. The zero-order valence-electron chi connectivity index (χ0n) is 17.0. The molecule has 0 bridgehead atoms. The van der Waals surface area contributed by atoms with Gasteiger partial charge in [0.15, 0.2) is 11.5 Å². The van der Waals surface area contributed by atoms with Crippen LogP contribution in [0, 0.1) is 0 Å². The molecule has 1 N–H and O–H groups in total. The van der Waals surface area contributed by atoms with Crippen molar-refractivity contribution in [1.82, 2.24) is 10.5 Å². The van der Waals surface area contributed by atoms with Gasteiger partial charge in [0, 0.05) is 23.2 Å². The quantitative estimate of drug-likeness (QED) is 0.501. The number of carbonyl (C=O) groups excluding carboxylic acids is 1. The van der Waals surface area contributed by atoms with E-state index in [0.29, 0.717) is 34.6 Å². The normalized spacial score (nSPS) is 11.7. The molecule has 3 aromatic rings. The minimum absolute atomic E-state index is 0.0489. The summed E-state index contributed by atoms with van der Waals surface area (Å²) in [4.78, 5) is 12.4. The molecule has 1 atom stereocenters. The molecule has 158 valence electrons. The molecule has 1 aromatic heterocycles. The van der Waals surface area contributed by atoms with E-state index in [-0.39, 0.29) is 11.2 Å². The Hall–Kier alpha value is -2.64. The molecule has 0 radical (unpaired) electrons. The lowest BCUT2D eigenvalue weighted by atomic mass is 10.1. The Balaban J connectivity index is 1.50. The lowest BCUT2D eigenvalue weighted by Crippen LogP contribution is -2.30. The third-order valence-corrected chi connectivity index (χ3v) is 5.88. The molecule has 1 unspecified atom stereocenters. The van der Waals surface area contributed by atoms with Gasteiger partial charge in [-0.25, -0.2) is 0 Å². The smallest absolute Gasteiger partial charge is 0.233 e. The molecule has 0 aliphatic carbocycles. The Morgan fingerprint density at radius 2 is 1.87 bits per heavy atom. The van der Waals surface area contributed by atoms with E-state index in [0.717, 1.165) is 16.8 Å². The highest BCUT2D eigenvalue weighted by atomic mass is 35.5. The number of nitrogens with one attached hydrogen (secondary N) is 1. The fraction of sp³-hybridized carbons (Fsp3) is 0.273. The lowest BCUT2D eigenvalue weighted by molar-refractivity contribution is -0.120. The van der Waals surface area contributed by atoms with Gasteiger partial charge in [0.25, 0.3) is 0 Å². The number of hydrogen-bond donors (Lipinski definition) is 1. The summed E-state index contributed by atoms with van der Waals surface area (Å²) in [5.74, 6) is 2.50. The van der Waals surface area contributed by atoms with Crippen LogP contribution in [-0.4, -0.2) is 30.5 Å². The molecule has 1 heterocycles. The van der Waals surface area contributed by atoms with Crippen molar-refractivity contribution in [3.63, 3.8) is 0 Å². The SMILES string of the molecule is COc1ccc(CNC(=O)C(C)SCc2cc(-c3ccc(Cl)cc3)no2)cc1OC. The fourth-order valence-corrected chi connectivity index (χ4v) is 3.66. The van der Waals surface area contributed by atoms with Gasteiger partial charge in [-0.15, -0.1) is 11.8 Å². The van der Waals surface area contributed by atoms with Crippen LogP contribution in [0.4, 0.5) is 0 Å². The van der Waals surface area contributed by atoms with Crippen LogP contribution in [0.2, 0.25) is 5.02 Å². The van der Waals surface area contributed by atoms with Gasteiger partial charge in [-0.2, -0.15) is 0 Å². The van der Waals surface area contributed by atoms with Crippen LogP contribution in [0.5, 0.6) is 11.5 Å². The van der Waals surface area contributed by atoms with Gasteiger partial charge in [0.05, 0.1) is 25.2 Å². The molecule has 0 fully saturated rings. The zero-order chi connectivity index (χ0) is 21.5. The van der Waals surface area contributed by atoms with Crippen molar-refractivity contribution in [1.29, 1.82) is 0 Å². The molecular weight excluding hydrogens is 424 g/mol. The monoisotopic (exact) mass is 446 g/mol. The molecule has 0 spiro atoms. The maximum Gasteiger partial charge on any atom is 0.233 e. The van der Waals surface area contributed by atoms with Gasteiger partial charge in [0.2, 0.25) is 5.91 Å². The number of carbonyl (C=O) groups is 1. The van der Waals surface area contributed by atoms with Gasteiger partial charge in [0.1, 0.15) is 11.5 Å². The molecule has 0 aliphatic heterocycles. The van der Waals surface area contributed by atoms with Crippen LogP contribution in [0.25, 0.3) is 11.3 Å². The minimum atomic E-state index is -0.241. The number of thioether (sulfide) groups is 1. The van der Waals surface area contributed by atoms with E-state index < -0.39 is 0 Å². The number of halogens is 1. The van der Waals surface area contributed by atoms with E-state index in [9.17, 15) is 4.79 Å². The summed E-state index contributed by atoms with van der Waals surface area (Å²) in [7, 11) is 3.17. The van der Waals surface area contributed by atoms with Crippen LogP contribution in [0.3, 0.4) is 0 Å².